The van der Waals surface area contributed by atoms with E-state index in [1.54, 1.807) is 13.3 Å². The first kappa shape index (κ1) is 16.9. The van der Waals surface area contributed by atoms with Crippen molar-refractivity contribution in [2.24, 2.45) is 5.10 Å². The van der Waals surface area contributed by atoms with Crippen LogP contribution in [-0.4, -0.2) is 26.3 Å². The Labute approximate surface area is 145 Å². The predicted octanol–water partition coefficient (Wildman–Crippen LogP) is 3.20. The van der Waals surface area contributed by atoms with Crippen LogP contribution in [0.4, 0.5) is 5.69 Å². The Bertz CT molecular complexity index is 1030. The van der Waals surface area contributed by atoms with Crippen molar-refractivity contribution in [3.8, 4) is 5.75 Å². The number of ether oxygens (including phenoxy) is 1. The van der Waals surface area contributed by atoms with Crippen molar-refractivity contribution in [3.05, 3.63) is 66.2 Å². The van der Waals surface area contributed by atoms with E-state index in [1.807, 2.05) is 36.4 Å². The third kappa shape index (κ3) is 4.14. The molecule has 1 N–H and O–H groups in total. The highest BCUT2D eigenvalue weighted by atomic mass is 32.2. The van der Waals surface area contributed by atoms with Crippen LogP contribution in [0.5, 0.6) is 5.75 Å². The first-order valence-electron chi connectivity index (χ1n) is 7.38. The topological polar surface area (TPSA) is 90.8 Å². The summed E-state index contributed by atoms with van der Waals surface area (Å²) >= 11 is 0. The summed E-state index contributed by atoms with van der Waals surface area (Å²) in [5.74, 6) is 0.805. The van der Waals surface area contributed by atoms with Gasteiger partial charge in [0.15, 0.2) is 0 Å². The molecule has 0 saturated heterocycles. The lowest BCUT2D eigenvalue weighted by Crippen LogP contribution is -1.98. The van der Waals surface area contributed by atoms with Gasteiger partial charge in [-0.05, 0) is 58.8 Å². The molecule has 0 aromatic heterocycles. The summed E-state index contributed by atoms with van der Waals surface area (Å²) in [6.07, 6.45) is 1.65. The summed E-state index contributed by atoms with van der Waals surface area (Å²) < 4.78 is 37.8. The van der Waals surface area contributed by atoms with Gasteiger partial charge in [-0.2, -0.15) is 5.10 Å². The first-order valence-corrected chi connectivity index (χ1v) is 8.79. The molecular weight excluding hydrogens is 340 g/mol. The highest BCUT2D eigenvalue weighted by Gasteiger charge is 2.00. The molecule has 0 saturated carbocycles. The van der Waals surface area contributed by atoms with Gasteiger partial charge in [0.1, 0.15) is 15.9 Å². The van der Waals surface area contributed by atoms with Gasteiger partial charge in [0.05, 0.1) is 23.9 Å². The van der Waals surface area contributed by atoms with Crippen LogP contribution in [0, 0.1) is 0 Å². The van der Waals surface area contributed by atoms with E-state index in [0.29, 0.717) is 5.69 Å². The number of fused-ring (bicyclic) bond motifs is 1. The minimum atomic E-state index is -4.43. The molecule has 0 spiro atoms. The van der Waals surface area contributed by atoms with Gasteiger partial charge in [0.2, 0.25) is 0 Å². The second-order valence-electron chi connectivity index (χ2n) is 5.32. The number of methoxy groups -OCH3 is 1. The molecule has 6 nitrogen and oxygen atoms in total. The maximum absolute atomic E-state index is 10.9. The van der Waals surface area contributed by atoms with Crippen LogP contribution in [0.25, 0.3) is 10.8 Å². The molecule has 0 bridgehead atoms. The highest BCUT2D eigenvalue weighted by Crippen LogP contribution is 2.21. The maximum atomic E-state index is 10.9. The molecule has 128 valence electrons. The average Bonchev–Trinajstić information content (AvgIpc) is 2.61. The number of nitrogens with one attached hydrogen (secondary N) is 1. The molecule has 25 heavy (non-hydrogen) atoms. The highest BCUT2D eigenvalue weighted by molar-refractivity contribution is 7.85. The van der Waals surface area contributed by atoms with Crippen LogP contribution in [0.15, 0.2) is 70.7 Å². The Morgan fingerprint density at radius 3 is 2.36 bits per heavy atom. The van der Waals surface area contributed by atoms with Crippen molar-refractivity contribution < 1.29 is 17.7 Å². The third-order valence-corrected chi connectivity index (χ3v) is 4.47. The monoisotopic (exact) mass is 355 g/mol. The molecule has 0 unspecified atom stereocenters. The molecule has 7 heteroatoms. The van der Waals surface area contributed by atoms with Gasteiger partial charge in [-0.1, -0.05) is 18.2 Å². The Morgan fingerprint density at radius 1 is 1.00 bits per heavy atom. The van der Waals surface area contributed by atoms with Crippen LogP contribution in [0.1, 0.15) is 5.56 Å². The Balaban J connectivity index is 1.72. The number of rotatable bonds is 5. The second-order valence-corrected chi connectivity index (χ2v) is 6.70. The normalized spacial score (nSPS) is 11.8. The van der Waals surface area contributed by atoms with Gasteiger partial charge in [0, 0.05) is 0 Å². The summed E-state index contributed by atoms with van der Waals surface area (Å²) in [6, 6.07) is 17.2. The molecule has 3 aromatic rings. The zero-order valence-electron chi connectivity index (χ0n) is 13.3. The van der Waals surface area contributed by atoms with Crippen molar-refractivity contribution in [1.82, 2.24) is 0 Å². The van der Waals surface area contributed by atoms with Gasteiger partial charge in [0.25, 0.3) is 0 Å². The van der Waals surface area contributed by atoms with Gasteiger partial charge in [-0.15, -0.1) is 0 Å². The average molecular weight is 355 g/mol. The van der Waals surface area contributed by atoms with E-state index in [1.165, 1.54) is 24.3 Å². The standard InChI is InChI=1S/C18H16N2O4S/c1-24-17-7-4-14-10-13(2-3-15(14)11-17)12-19-20-16-5-8-18(9-6-16)25(21,22)23/h2-12,20H,1H3,(H,21,22,23)/p-1/b19-12-. The SMILES string of the molecule is COc1ccc2cc(/C=N\Nc3ccc(S(=O)(=O)[O-])cc3)ccc2c1. The molecule has 0 aliphatic heterocycles. The van der Waals surface area contributed by atoms with Crippen LogP contribution in [0.2, 0.25) is 0 Å². The Morgan fingerprint density at radius 2 is 1.68 bits per heavy atom. The first-order chi connectivity index (χ1) is 12.0. The second kappa shape index (κ2) is 6.92. The molecule has 0 aliphatic rings. The molecule has 0 atom stereocenters. The van der Waals surface area contributed by atoms with Crippen LogP contribution < -0.4 is 10.2 Å². The smallest absolute Gasteiger partial charge is 0.124 e. The zero-order chi connectivity index (χ0) is 17.9. The third-order valence-electron chi connectivity index (χ3n) is 3.62. The molecule has 3 rings (SSSR count). The summed E-state index contributed by atoms with van der Waals surface area (Å²) in [5.41, 5.74) is 4.28. The predicted molar refractivity (Wildman–Crippen MR) is 96.1 cm³/mol. The molecule has 0 amide bonds. The molecule has 0 radical (unpaired) electrons. The Kier molecular flexibility index (Phi) is 4.69. The van der Waals surface area contributed by atoms with E-state index in [2.05, 4.69) is 10.5 Å². The van der Waals surface area contributed by atoms with E-state index >= 15 is 0 Å². The van der Waals surface area contributed by atoms with Crippen LogP contribution in [0.3, 0.4) is 0 Å². The van der Waals surface area contributed by atoms with Crippen molar-refractivity contribution in [2.45, 2.75) is 4.90 Å². The van der Waals surface area contributed by atoms with Gasteiger partial charge < -0.3 is 9.29 Å². The van der Waals surface area contributed by atoms with Gasteiger partial charge >= 0.3 is 0 Å². The van der Waals surface area contributed by atoms with Crippen molar-refractivity contribution in [2.75, 3.05) is 12.5 Å². The van der Waals surface area contributed by atoms with E-state index in [4.69, 9.17) is 4.74 Å². The maximum Gasteiger partial charge on any atom is 0.124 e. The van der Waals surface area contributed by atoms with Crippen LogP contribution in [-0.2, 0) is 10.1 Å². The summed E-state index contributed by atoms with van der Waals surface area (Å²) in [7, 11) is -2.80. The van der Waals surface area contributed by atoms with E-state index in [-0.39, 0.29) is 4.90 Å². The number of anilines is 1. The van der Waals surface area contributed by atoms with Crippen molar-refractivity contribution in [3.63, 3.8) is 0 Å². The van der Waals surface area contributed by atoms with Crippen molar-refractivity contribution >= 4 is 32.8 Å². The largest absolute Gasteiger partial charge is 0.744 e. The fourth-order valence-electron chi connectivity index (χ4n) is 2.33. The molecule has 0 fully saturated rings. The summed E-state index contributed by atoms with van der Waals surface area (Å²) in [4.78, 5) is -0.271. The Hall–Kier alpha value is -2.90. The lowest BCUT2D eigenvalue weighted by molar-refractivity contribution is 0.415. The lowest BCUT2D eigenvalue weighted by atomic mass is 10.1. The summed E-state index contributed by atoms with van der Waals surface area (Å²) in [6.45, 7) is 0. The van der Waals surface area contributed by atoms with Crippen LogP contribution >= 0.6 is 0 Å². The number of hydrogen-bond acceptors (Lipinski definition) is 6. The minimum Gasteiger partial charge on any atom is -0.744 e. The van der Waals surface area contributed by atoms with Crippen molar-refractivity contribution in [1.29, 1.82) is 0 Å². The van der Waals surface area contributed by atoms with E-state index < -0.39 is 10.1 Å². The van der Waals surface area contributed by atoms with E-state index in [9.17, 15) is 13.0 Å². The lowest BCUT2D eigenvalue weighted by Gasteiger charge is -2.07. The molecule has 0 heterocycles. The number of hydrazone groups is 1. The number of benzene rings is 3. The van der Waals surface area contributed by atoms with E-state index in [0.717, 1.165) is 22.1 Å². The molecule has 3 aromatic carbocycles. The summed E-state index contributed by atoms with van der Waals surface area (Å²) in [5, 5.41) is 6.25. The number of nitrogens with zero attached hydrogens (tertiary/aromatic N) is 1. The zero-order valence-corrected chi connectivity index (χ0v) is 14.2. The van der Waals surface area contributed by atoms with Gasteiger partial charge in [-0.25, -0.2) is 8.42 Å². The molecular formula is C18H15N2O4S-. The number of hydrogen-bond donors (Lipinski definition) is 1. The minimum absolute atomic E-state index is 0.271. The van der Waals surface area contributed by atoms with Gasteiger partial charge in [-0.3, -0.25) is 5.43 Å². The fraction of sp³-hybridized carbons (Fsp3) is 0.0556. The fourth-order valence-corrected chi connectivity index (χ4v) is 2.80. The molecule has 0 aliphatic carbocycles. The quantitative estimate of drug-likeness (QED) is 0.431.